The molecule has 3 heteroatoms. The fraction of sp³-hybridized carbons (Fsp3) is 0.300. The molecule has 0 amide bonds. The Kier molecular flexibility index (Phi) is 3.61. The van der Waals surface area contributed by atoms with E-state index in [1.165, 1.54) is 6.92 Å². The van der Waals surface area contributed by atoms with E-state index in [0.29, 0.717) is 6.42 Å². The molecule has 1 aromatic rings. The summed E-state index contributed by atoms with van der Waals surface area (Å²) in [6, 6.07) is 9.08. The van der Waals surface area contributed by atoms with Crippen molar-refractivity contribution in [2.45, 2.75) is 19.4 Å². The molecule has 0 heterocycles. The summed E-state index contributed by atoms with van der Waals surface area (Å²) >= 11 is 0. The second-order valence-electron chi connectivity index (χ2n) is 2.98. The molecule has 0 saturated carbocycles. The maximum Gasteiger partial charge on any atom is 0.149 e. The highest BCUT2D eigenvalue weighted by Gasteiger charge is 2.12. The monoisotopic (exact) mass is 179 g/mol. The minimum atomic E-state index is -0.498. The van der Waals surface area contributed by atoms with Gasteiger partial charge in [0.2, 0.25) is 0 Å². The van der Waals surface area contributed by atoms with Crippen molar-refractivity contribution in [2.75, 3.05) is 0 Å². The van der Waals surface area contributed by atoms with Crippen LogP contribution in [0.4, 0.5) is 0 Å². The average Bonchev–Trinajstić information content (AvgIpc) is 2.15. The topological polar surface area (TPSA) is 49.3 Å². The van der Waals surface area contributed by atoms with Gasteiger partial charge in [-0.15, -0.1) is 0 Å². The Bertz CT molecular complexity index is 272. The molecule has 70 valence electrons. The van der Waals surface area contributed by atoms with Gasteiger partial charge in [0.1, 0.15) is 5.78 Å². The average molecular weight is 179 g/mol. The second kappa shape index (κ2) is 4.74. The summed E-state index contributed by atoms with van der Waals surface area (Å²) in [5.74, 6) is -0.0636. The van der Waals surface area contributed by atoms with Gasteiger partial charge in [0.05, 0.1) is 6.04 Å². The maximum atomic E-state index is 11.0. The minimum absolute atomic E-state index is 0.0636. The smallest absolute Gasteiger partial charge is 0.149 e. The summed E-state index contributed by atoms with van der Waals surface area (Å²) in [4.78, 5) is 11.0. The molecule has 0 saturated heterocycles. The van der Waals surface area contributed by atoms with Crippen LogP contribution in [0.1, 0.15) is 12.5 Å². The SMILES string of the molecule is CC(=O)[C@H](Cc1ccccc1)NO. The zero-order chi connectivity index (χ0) is 9.68. The first-order valence-electron chi connectivity index (χ1n) is 4.18. The number of hydrogen-bond acceptors (Lipinski definition) is 3. The van der Waals surface area contributed by atoms with Crippen LogP contribution in [0, 0.1) is 0 Å². The van der Waals surface area contributed by atoms with Crippen LogP contribution in [0.2, 0.25) is 0 Å². The molecule has 0 aliphatic rings. The lowest BCUT2D eigenvalue weighted by atomic mass is 10.0. The van der Waals surface area contributed by atoms with Gasteiger partial charge in [-0.3, -0.25) is 4.79 Å². The summed E-state index contributed by atoms with van der Waals surface area (Å²) in [6.07, 6.45) is 0.521. The Morgan fingerprint density at radius 1 is 1.46 bits per heavy atom. The number of nitrogens with one attached hydrogen (secondary N) is 1. The summed E-state index contributed by atoms with van der Waals surface area (Å²) < 4.78 is 0. The first-order chi connectivity index (χ1) is 6.24. The molecule has 2 N–H and O–H groups in total. The summed E-state index contributed by atoms with van der Waals surface area (Å²) in [7, 11) is 0. The van der Waals surface area contributed by atoms with E-state index in [4.69, 9.17) is 5.21 Å². The van der Waals surface area contributed by atoms with E-state index in [1.54, 1.807) is 0 Å². The first-order valence-corrected chi connectivity index (χ1v) is 4.18. The number of rotatable bonds is 4. The van der Waals surface area contributed by atoms with Crippen LogP contribution in [0.15, 0.2) is 30.3 Å². The Labute approximate surface area is 77.4 Å². The second-order valence-corrected chi connectivity index (χ2v) is 2.98. The van der Waals surface area contributed by atoms with Gasteiger partial charge in [-0.05, 0) is 18.9 Å². The lowest BCUT2D eigenvalue weighted by molar-refractivity contribution is -0.121. The molecule has 0 aliphatic carbocycles. The number of ketones is 1. The van der Waals surface area contributed by atoms with Crippen LogP contribution in [-0.4, -0.2) is 17.0 Å². The zero-order valence-corrected chi connectivity index (χ0v) is 7.53. The van der Waals surface area contributed by atoms with E-state index in [1.807, 2.05) is 35.8 Å². The van der Waals surface area contributed by atoms with E-state index in [-0.39, 0.29) is 5.78 Å². The number of hydroxylamine groups is 1. The Balaban J connectivity index is 2.62. The van der Waals surface area contributed by atoms with Crippen LogP contribution < -0.4 is 5.48 Å². The molecule has 3 nitrogen and oxygen atoms in total. The highest BCUT2D eigenvalue weighted by Crippen LogP contribution is 2.03. The van der Waals surface area contributed by atoms with Crippen molar-refractivity contribution >= 4 is 5.78 Å². The molecular formula is C10H13NO2. The van der Waals surface area contributed by atoms with Gasteiger partial charge in [0.15, 0.2) is 0 Å². The fourth-order valence-electron chi connectivity index (χ4n) is 1.13. The minimum Gasteiger partial charge on any atom is -0.316 e. The Morgan fingerprint density at radius 2 is 2.08 bits per heavy atom. The fourth-order valence-corrected chi connectivity index (χ4v) is 1.13. The van der Waals surface area contributed by atoms with Crippen LogP contribution in [0.5, 0.6) is 0 Å². The molecule has 0 fully saturated rings. The molecular weight excluding hydrogens is 166 g/mol. The third-order valence-electron chi connectivity index (χ3n) is 1.93. The molecule has 0 bridgehead atoms. The molecule has 0 aromatic heterocycles. The Morgan fingerprint density at radius 3 is 2.54 bits per heavy atom. The zero-order valence-electron chi connectivity index (χ0n) is 7.53. The molecule has 0 radical (unpaired) electrons. The standard InChI is InChI=1S/C10H13NO2/c1-8(12)10(11-13)7-9-5-3-2-4-6-9/h2-6,10-11,13H,7H2,1H3/t10-/m0/s1. The Hall–Kier alpha value is -1.19. The molecule has 1 atom stereocenters. The predicted molar refractivity (Wildman–Crippen MR) is 49.5 cm³/mol. The van der Waals surface area contributed by atoms with Gasteiger partial charge < -0.3 is 5.21 Å². The van der Waals surface area contributed by atoms with E-state index in [0.717, 1.165) is 5.56 Å². The van der Waals surface area contributed by atoms with Crippen LogP contribution >= 0.6 is 0 Å². The van der Waals surface area contributed by atoms with Gasteiger partial charge in [0.25, 0.3) is 0 Å². The predicted octanol–water partition coefficient (Wildman–Crippen LogP) is 1.17. The van der Waals surface area contributed by atoms with Crippen LogP contribution in [0.25, 0.3) is 0 Å². The third-order valence-corrected chi connectivity index (χ3v) is 1.93. The van der Waals surface area contributed by atoms with E-state index >= 15 is 0 Å². The number of benzene rings is 1. The van der Waals surface area contributed by atoms with E-state index < -0.39 is 6.04 Å². The highest BCUT2D eigenvalue weighted by molar-refractivity contribution is 5.81. The summed E-state index contributed by atoms with van der Waals surface area (Å²) in [5, 5.41) is 8.69. The van der Waals surface area contributed by atoms with E-state index in [2.05, 4.69) is 0 Å². The van der Waals surface area contributed by atoms with Gasteiger partial charge >= 0.3 is 0 Å². The van der Waals surface area contributed by atoms with Crippen molar-refractivity contribution in [3.8, 4) is 0 Å². The van der Waals surface area contributed by atoms with E-state index in [9.17, 15) is 4.79 Å². The molecule has 0 unspecified atom stereocenters. The number of carbonyl (C=O) groups excluding carboxylic acids is 1. The van der Waals surface area contributed by atoms with Crippen LogP contribution in [-0.2, 0) is 11.2 Å². The van der Waals surface area contributed by atoms with Crippen molar-refractivity contribution in [1.29, 1.82) is 0 Å². The molecule has 1 rings (SSSR count). The van der Waals surface area contributed by atoms with Gasteiger partial charge in [0, 0.05) is 0 Å². The molecule has 1 aromatic carbocycles. The molecule has 13 heavy (non-hydrogen) atoms. The normalized spacial score (nSPS) is 12.5. The third kappa shape index (κ3) is 2.97. The first kappa shape index (κ1) is 9.89. The maximum absolute atomic E-state index is 11.0. The summed E-state index contributed by atoms with van der Waals surface area (Å²) in [6.45, 7) is 1.46. The quantitative estimate of drug-likeness (QED) is 0.682. The largest absolute Gasteiger partial charge is 0.316 e. The number of Topliss-reactive ketones (excluding diaryl/α,β-unsaturated/α-hetero) is 1. The lowest BCUT2D eigenvalue weighted by Crippen LogP contribution is -2.34. The molecule has 0 spiro atoms. The van der Waals surface area contributed by atoms with Gasteiger partial charge in [-0.2, -0.15) is 5.48 Å². The van der Waals surface area contributed by atoms with Crippen molar-refractivity contribution < 1.29 is 10.0 Å². The summed E-state index contributed by atoms with van der Waals surface area (Å²) in [5.41, 5.74) is 3.03. The highest BCUT2D eigenvalue weighted by atomic mass is 16.5. The van der Waals surface area contributed by atoms with Crippen molar-refractivity contribution in [1.82, 2.24) is 5.48 Å². The van der Waals surface area contributed by atoms with Crippen LogP contribution in [0.3, 0.4) is 0 Å². The van der Waals surface area contributed by atoms with Crippen molar-refractivity contribution in [3.05, 3.63) is 35.9 Å². The molecule has 0 aliphatic heterocycles. The van der Waals surface area contributed by atoms with Gasteiger partial charge in [-0.1, -0.05) is 30.3 Å². The van der Waals surface area contributed by atoms with Gasteiger partial charge in [-0.25, -0.2) is 0 Å². The number of carbonyl (C=O) groups is 1. The number of hydrogen-bond donors (Lipinski definition) is 2. The van der Waals surface area contributed by atoms with Crippen molar-refractivity contribution in [2.24, 2.45) is 0 Å². The lowest BCUT2D eigenvalue weighted by Gasteiger charge is -2.10. The van der Waals surface area contributed by atoms with Crippen molar-refractivity contribution in [3.63, 3.8) is 0 Å².